The molecule has 0 bridgehead atoms. The summed E-state index contributed by atoms with van der Waals surface area (Å²) in [7, 11) is 4.07. The number of hydrogen-bond donors (Lipinski definition) is 0. The third kappa shape index (κ3) is 3.91. The molecule has 5 nitrogen and oxygen atoms in total. The molecule has 1 aromatic heterocycles. The number of likely N-dealkylation sites (tertiary alicyclic amines) is 1. The van der Waals surface area contributed by atoms with Gasteiger partial charge in [-0.25, -0.2) is 9.97 Å². The van der Waals surface area contributed by atoms with Crippen LogP contribution in [0.4, 0.5) is 0 Å². The van der Waals surface area contributed by atoms with E-state index in [-0.39, 0.29) is 5.91 Å². The Kier molecular flexibility index (Phi) is 5.45. The van der Waals surface area contributed by atoms with Gasteiger partial charge in [-0.2, -0.15) is 0 Å². The van der Waals surface area contributed by atoms with E-state index in [9.17, 15) is 4.79 Å². The van der Waals surface area contributed by atoms with Crippen LogP contribution in [0.3, 0.4) is 0 Å². The van der Waals surface area contributed by atoms with Crippen LogP contribution in [-0.4, -0.2) is 65.7 Å². The fourth-order valence-electron chi connectivity index (χ4n) is 3.57. The van der Waals surface area contributed by atoms with Crippen LogP contribution in [0, 0.1) is 12.8 Å². The van der Waals surface area contributed by atoms with Crippen molar-refractivity contribution >= 4 is 17.7 Å². The third-order valence-electron chi connectivity index (χ3n) is 5.02. The van der Waals surface area contributed by atoms with Gasteiger partial charge in [0.1, 0.15) is 10.9 Å². The lowest BCUT2D eigenvalue weighted by Crippen LogP contribution is -2.40. The molecule has 1 atom stereocenters. The fraction of sp³-hybridized carbons (Fsp3) is 0.722. The standard InChI is InChI=1S/C18H28N4OS/c1-12-15(17(24-4)20-16(19-12)14-7-8-14)18(23)22(3)11-13-6-5-9-21(2)10-13/h13-14H,5-11H2,1-4H3/t13-/m1/s1. The second kappa shape index (κ2) is 7.40. The monoisotopic (exact) mass is 348 g/mol. The molecule has 2 heterocycles. The van der Waals surface area contributed by atoms with E-state index in [2.05, 4.69) is 21.9 Å². The number of hydrogen-bond acceptors (Lipinski definition) is 5. The maximum Gasteiger partial charge on any atom is 0.258 e. The molecular weight excluding hydrogens is 320 g/mol. The maximum absolute atomic E-state index is 13.0. The zero-order chi connectivity index (χ0) is 17.3. The van der Waals surface area contributed by atoms with Gasteiger partial charge in [0.2, 0.25) is 0 Å². The summed E-state index contributed by atoms with van der Waals surface area (Å²) in [6, 6.07) is 0. The molecule has 3 rings (SSSR count). The van der Waals surface area contributed by atoms with Crippen LogP contribution < -0.4 is 0 Å². The van der Waals surface area contributed by atoms with Gasteiger partial charge in [0, 0.05) is 26.1 Å². The van der Waals surface area contributed by atoms with Crippen molar-refractivity contribution in [1.29, 1.82) is 0 Å². The molecule has 0 N–H and O–H groups in total. The van der Waals surface area contributed by atoms with Crippen LogP contribution >= 0.6 is 11.8 Å². The number of carbonyl (C=O) groups is 1. The highest BCUT2D eigenvalue weighted by Gasteiger charge is 2.30. The molecule has 0 radical (unpaired) electrons. The number of piperidine rings is 1. The Morgan fingerprint density at radius 1 is 1.33 bits per heavy atom. The van der Waals surface area contributed by atoms with E-state index in [4.69, 9.17) is 0 Å². The first kappa shape index (κ1) is 17.7. The van der Waals surface area contributed by atoms with E-state index in [1.165, 1.54) is 32.2 Å². The minimum absolute atomic E-state index is 0.0624. The Labute approximate surface area is 149 Å². The van der Waals surface area contributed by atoms with Gasteiger partial charge in [0.25, 0.3) is 5.91 Å². The minimum atomic E-state index is 0.0624. The summed E-state index contributed by atoms with van der Waals surface area (Å²) in [5.74, 6) is 2.05. The predicted molar refractivity (Wildman–Crippen MR) is 97.7 cm³/mol. The summed E-state index contributed by atoms with van der Waals surface area (Å²) in [6.07, 6.45) is 6.77. The molecule has 1 aliphatic carbocycles. The molecular formula is C18H28N4OS. The number of aromatic nitrogens is 2. The van der Waals surface area contributed by atoms with Crippen molar-refractivity contribution in [2.75, 3.05) is 40.0 Å². The summed E-state index contributed by atoms with van der Waals surface area (Å²) in [4.78, 5) is 26.5. The Balaban J connectivity index is 1.75. The Morgan fingerprint density at radius 2 is 2.08 bits per heavy atom. The van der Waals surface area contributed by atoms with Crippen molar-refractivity contribution in [1.82, 2.24) is 19.8 Å². The van der Waals surface area contributed by atoms with Gasteiger partial charge >= 0.3 is 0 Å². The highest BCUT2D eigenvalue weighted by Crippen LogP contribution is 2.39. The van der Waals surface area contributed by atoms with Gasteiger partial charge in [-0.15, -0.1) is 11.8 Å². The predicted octanol–water partition coefficient (Wildman–Crippen LogP) is 2.80. The summed E-state index contributed by atoms with van der Waals surface area (Å²) >= 11 is 1.55. The Morgan fingerprint density at radius 3 is 2.71 bits per heavy atom. The van der Waals surface area contributed by atoms with E-state index in [0.29, 0.717) is 17.4 Å². The van der Waals surface area contributed by atoms with Gasteiger partial charge in [-0.05, 0) is 58.4 Å². The second-order valence-corrected chi connectivity index (χ2v) is 8.08. The first-order valence-electron chi connectivity index (χ1n) is 8.86. The summed E-state index contributed by atoms with van der Waals surface area (Å²) < 4.78 is 0. The van der Waals surface area contributed by atoms with E-state index in [1.807, 2.05) is 25.1 Å². The van der Waals surface area contributed by atoms with Crippen LogP contribution in [0.25, 0.3) is 0 Å². The van der Waals surface area contributed by atoms with Gasteiger partial charge in [0.05, 0.1) is 11.3 Å². The molecule has 1 aliphatic heterocycles. The molecule has 2 aliphatic rings. The van der Waals surface area contributed by atoms with Crippen LogP contribution in [0.1, 0.15) is 53.5 Å². The molecule has 0 aromatic carbocycles. The molecule has 1 saturated heterocycles. The van der Waals surface area contributed by atoms with Gasteiger partial charge in [0.15, 0.2) is 0 Å². The normalized spacial score (nSPS) is 21.8. The molecule has 1 saturated carbocycles. The summed E-state index contributed by atoms with van der Waals surface area (Å²) in [5.41, 5.74) is 1.52. The molecule has 6 heteroatoms. The number of nitrogens with zero attached hydrogens (tertiary/aromatic N) is 4. The molecule has 0 unspecified atom stereocenters. The van der Waals surface area contributed by atoms with Crippen molar-refractivity contribution in [3.05, 3.63) is 17.1 Å². The largest absolute Gasteiger partial charge is 0.341 e. The molecule has 1 amide bonds. The lowest BCUT2D eigenvalue weighted by atomic mass is 9.98. The van der Waals surface area contributed by atoms with Gasteiger partial charge in [-0.1, -0.05) is 0 Å². The van der Waals surface area contributed by atoms with Crippen LogP contribution in [-0.2, 0) is 0 Å². The fourth-order valence-corrected chi connectivity index (χ4v) is 4.19. The highest BCUT2D eigenvalue weighted by atomic mass is 32.2. The van der Waals surface area contributed by atoms with Crippen molar-refractivity contribution in [3.63, 3.8) is 0 Å². The zero-order valence-corrected chi connectivity index (χ0v) is 16.0. The Bertz CT molecular complexity index is 617. The van der Waals surface area contributed by atoms with E-state index < -0.39 is 0 Å². The molecule has 132 valence electrons. The number of rotatable bonds is 5. The smallest absolute Gasteiger partial charge is 0.258 e. The molecule has 2 fully saturated rings. The number of aryl methyl sites for hydroxylation is 1. The highest BCUT2D eigenvalue weighted by molar-refractivity contribution is 7.98. The first-order chi connectivity index (χ1) is 11.5. The molecule has 1 aromatic rings. The maximum atomic E-state index is 13.0. The topological polar surface area (TPSA) is 49.3 Å². The van der Waals surface area contributed by atoms with Gasteiger partial charge in [-0.3, -0.25) is 4.79 Å². The average molecular weight is 349 g/mol. The summed E-state index contributed by atoms with van der Waals surface area (Å²) in [5, 5.41) is 0.835. The molecule has 24 heavy (non-hydrogen) atoms. The van der Waals surface area contributed by atoms with Crippen molar-refractivity contribution in [2.45, 2.75) is 43.6 Å². The first-order valence-corrected chi connectivity index (χ1v) is 10.1. The van der Waals surface area contributed by atoms with Crippen LogP contribution in [0.2, 0.25) is 0 Å². The van der Waals surface area contributed by atoms with E-state index in [0.717, 1.165) is 29.6 Å². The van der Waals surface area contributed by atoms with Crippen molar-refractivity contribution in [3.8, 4) is 0 Å². The molecule has 0 spiro atoms. The second-order valence-electron chi connectivity index (χ2n) is 7.28. The van der Waals surface area contributed by atoms with Crippen LogP contribution in [0.5, 0.6) is 0 Å². The van der Waals surface area contributed by atoms with Crippen molar-refractivity contribution < 1.29 is 4.79 Å². The SMILES string of the molecule is CSc1nc(C2CC2)nc(C)c1C(=O)N(C)C[C@@H]1CCCN(C)C1. The average Bonchev–Trinajstić information content (AvgIpc) is 3.38. The Hall–Kier alpha value is -1.14. The lowest BCUT2D eigenvalue weighted by Gasteiger charge is -2.32. The minimum Gasteiger partial charge on any atom is -0.341 e. The van der Waals surface area contributed by atoms with E-state index in [1.54, 1.807) is 11.8 Å². The number of amides is 1. The number of thioether (sulfide) groups is 1. The lowest BCUT2D eigenvalue weighted by molar-refractivity contribution is 0.0735. The quantitative estimate of drug-likeness (QED) is 0.605. The van der Waals surface area contributed by atoms with E-state index >= 15 is 0 Å². The van der Waals surface area contributed by atoms with Crippen molar-refractivity contribution in [2.24, 2.45) is 5.92 Å². The zero-order valence-electron chi connectivity index (χ0n) is 15.2. The van der Waals surface area contributed by atoms with Crippen LogP contribution in [0.15, 0.2) is 5.03 Å². The third-order valence-corrected chi connectivity index (χ3v) is 5.71. The van der Waals surface area contributed by atoms with Gasteiger partial charge < -0.3 is 9.80 Å². The number of carbonyl (C=O) groups excluding carboxylic acids is 1. The summed E-state index contributed by atoms with van der Waals surface area (Å²) in [6.45, 7) is 4.99.